The molecule has 0 heterocycles. The van der Waals surface area contributed by atoms with E-state index >= 15 is 0 Å². The zero-order valence-corrected chi connectivity index (χ0v) is 10.3. The molecule has 0 aromatic heterocycles. The molecule has 1 aromatic rings. The van der Waals surface area contributed by atoms with E-state index in [1.54, 1.807) is 7.11 Å². The fourth-order valence-corrected chi connectivity index (χ4v) is 0.557. The van der Waals surface area contributed by atoms with Crippen LogP contribution >= 0.6 is 0 Å². The molecule has 6 nitrogen and oxygen atoms in total. The molecule has 0 atom stereocenters. The van der Waals surface area contributed by atoms with Gasteiger partial charge in [0, 0.05) is 6.92 Å². The second-order valence-electron chi connectivity index (χ2n) is 2.67. The van der Waals surface area contributed by atoms with Gasteiger partial charge in [-0.2, -0.15) is 0 Å². The molecule has 0 aliphatic carbocycles. The van der Waals surface area contributed by atoms with Crippen LogP contribution in [-0.2, 0) is 9.53 Å². The maximum atomic E-state index is 9.59. The van der Waals surface area contributed by atoms with Crippen LogP contribution in [0.4, 0.5) is 0 Å². The average molecular weight is 241 g/mol. The summed E-state index contributed by atoms with van der Waals surface area (Å²) < 4.78 is 9.03. The molecule has 1 rings (SSSR count). The van der Waals surface area contributed by atoms with Gasteiger partial charge in [-0.1, -0.05) is 18.2 Å². The zero-order valence-electron chi connectivity index (χ0n) is 10.3. The summed E-state index contributed by atoms with van der Waals surface area (Å²) in [5, 5.41) is 6.06. The zero-order chi connectivity index (χ0) is 13.7. The lowest BCUT2D eigenvalue weighted by Crippen LogP contribution is -2.20. The predicted molar refractivity (Wildman–Crippen MR) is 66.8 cm³/mol. The normalized spacial score (nSPS) is 7.47. The molecule has 0 radical (unpaired) electrons. The molecule has 0 unspecified atom stereocenters. The van der Waals surface area contributed by atoms with Crippen LogP contribution in [0.2, 0.25) is 0 Å². The molecular weight excluding hydrogens is 222 g/mol. The average Bonchev–Trinajstić information content (AvgIpc) is 2.30. The van der Waals surface area contributed by atoms with E-state index in [2.05, 4.69) is 16.2 Å². The van der Waals surface area contributed by atoms with Crippen LogP contribution in [0.3, 0.4) is 0 Å². The minimum absolute atomic E-state index is 0.245. The Kier molecular flexibility index (Phi) is 11.9. The van der Waals surface area contributed by atoms with Crippen LogP contribution in [0, 0.1) is 5.41 Å². The third-order valence-electron chi connectivity index (χ3n) is 1.27. The molecule has 0 amide bonds. The van der Waals surface area contributed by atoms with Crippen molar-refractivity contribution in [3.8, 4) is 5.75 Å². The van der Waals surface area contributed by atoms with E-state index in [9.17, 15) is 4.79 Å². The summed E-state index contributed by atoms with van der Waals surface area (Å²) in [5.41, 5.74) is 8.94. The topological polar surface area (TPSA) is 111 Å². The maximum absolute atomic E-state index is 9.59. The lowest BCUT2D eigenvalue weighted by atomic mass is 10.3. The van der Waals surface area contributed by atoms with E-state index in [1.165, 1.54) is 14.0 Å². The van der Waals surface area contributed by atoms with Crippen molar-refractivity contribution in [3.63, 3.8) is 0 Å². The molecule has 0 saturated carbocycles. The van der Waals surface area contributed by atoms with E-state index < -0.39 is 0 Å². The molecule has 0 saturated heterocycles. The molecule has 17 heavy (non-hydrogen) atoms. The van der Waals surface area contributed by atoms with Crippen molar-refractivity contribution in [2.24, 2.45) is 11.5 Å². The first-order chi connectivity index (χ1) is 7.93. The first kappa shape index (κ1) is 17.2. The summed E-state index contributed by atoms with van der Waals surface area (Å²) in [6.45, 7) is 1.36. The van der Waals surface area contributed by atoms with Crippen LogP contribution in [0.25, 0.3) is 0 Å². The number of ether oxygens (including phenoxy) is 2. The van der Waals surface area contributed by atoms with Crippen molar-refractivity contribution in [2.45, 2.75) is 6.92 Å². The summed E-state index contributed by atoms with van der Waals surface area (Å²) >= 11 is 0. The third-order valence-corrected chi connectivity index (χ3v) is 1.27. The Bertz CT molecular complexity index is 311. The highest BCUT2D eigenvalue weighted by Crippen LogP contribution is 2.05. The SMILES string of the molecule is COC(C)=O.COc1ccccc1.N=C(N)N. The highest BCUT2D eigenvalue weighted by molar-refractivity contribution is 5.71. The smallest absolute Gasteiger partial charge is 0.302 e. The molecule has 5 N–H and O–H groups in total. The van der Waals surface area contributed by atoms with E-state index in [4.69, 9.17) is 10.1 Å². The van der Waals surface area contributed by atoms with Crippen LogP contribution in [0.15, 0.2) is 30.3 Å². The number of para-hydroxylation sites is 1. The van der Waals surface area contributed by atoms with Gasteiger partial charge in [0.1, 0.15) is 5.75 Å². The molecular formula is C11H19N3O3. The highest BCUT2D eigenvalue weighted by atomic mass is 16.5. The molecule has 0 aliphatic heterocycles. The predicted octanol–water partition coefficient (Wildman–Crippen LogP) is 0.713. The molecule has 96 valence electrons. The van der Waals surface area contributed by atoms with Crippen LogP contribution < -0.4 is 16.2 Å². The summed E-state index contributed by atoms with van der Waals surface area (Å²) in [4.78, 5) is 9.59. The van der Waals surface area contributed by atoms with Gasteiger partial charge in [-0.15, -0.1) is 0 Å². The molecule has 6 heteroatoms. The number of nitrogens with two attached hydrogens (primary N) is 2. The van der Waals surface area contributed by atoms with Crippen molar-refractivity contribution in [2.75, 3.05) is 14.2 Å². The fourth-order valence-electron chi connectivity index (χ4n) is 0.557. The second kappa shape index (κ2) is 11.8. The second-order valence-corrected chi connectivity index (χ2v) is 2.67. The number of carbonyl (C=O) groups excluding carboxylic acids is 1. The number of hydrogen-bond acceptors (Lipinski definition) is 4. The van der Waals surface area contributed by atoms with Gasteiger partial charge in [-0.05, 0) is 12.1 Å². The van der Waals surface area contributed by atoms with E-state index in [0.717, 1.165) is 5.75 Å². The first-order valence-corrected chi connectivity index (χ1v) is 4.67. The number of carbonyl (C=O) groups is 1. The van der Waals surface area contributed by atoms with Crippen molar-refractivity contribution in [3.05, 3.63) is 30.3 Å². The fraction of sp³-hybridized carbons (Fsp3) is 0.273. The Hall–Kier alpha value is -2.24. The summed E-state index contributed by atoms with van der Waals surface area (Å²) in [7, 11) is 3.01. The summed E-state index contributed by atoms with van der Waals surface area (Å²) in [6, 6.07) is 9.68. The molecule has 1 aromatic carbocycles. The van der Waals surface area contributed by atoms with Gasteiger partial charge < -0.3 is 20.9 Å². The van der Waals surface area contributed by atoms with Gasteiger partial charge in [-0.3, -0.25) is 10.2 Å². The molecule has 0 fully saturated rings. The Balaban J connectivity index is 0. The van der Waals surface area contributed by atoms with Gasteiger partial charge in [0.15, 0.2) is 5.96 Å². The largest absolute Gasteiger partial charge is 0.497 e. The standard InChI is InChI=1S/C7H8O.C3H6O2.CH5N3/c1-8-7-5-3-2-4-6-7;1-3(4)5-2;2-1(3)4/h2-6H,1H3;1-2H3;(H5,2,3,4). The number of hydrogen-bond donors (Lipinski definition) is 3. The monoisotopic (exact) mass is 241 g/mol. The molecule has 0 spiro atoms. The Labute approximate surface area is 101 Å². The number of rotatable bonds is 1. The van der Waals surface area contributed by atoms with E-state index in [1.807, 2.05) is 30.3 Å². The minimum Gasteiger partial charge on any atom is -0.497 e. The van der Waals surface area contributed by atoms with Gasteiger partial charge in [0.05, 0.1) is 14.2 Å². The number of benzene rings is 1. The maximum Gasteiger partial charge on any atom is 0.302 e. The highest BCUT2D eigenvalue weighted by Gasteiger charge is 1.80. The van der Waals surface area contributed by atoms with Gasteiger partial charge >= 0.3 is 5.97 Å². The quantitative estimate of drug-likeness (QED) is 0.381. The third kappa shape index (κ3) is 20.0. The Morgan fingerprint density at radius 1 is 1.18 bits per heavy atom. The van der Waals surface area contributed by atoms with Crippen molar-refractivity contribution < 1.29 is 14.3 Å². The van der Waals surface area contributed by atoms with Gasteiger partial charge in [0.25, 0.3) is 0 Å². The minimum atomic E-state index is -0.333. The Morgan fingerprint density at radius 2 is 1.53 bits per heavy atom. The number of nitrogens with one attached hydrogen (secondary N) is 1. The van der Waals surface area contributed by atoms with E-state index in [0.29, 0.717) is 0 Å². The van der Waals surface area contributed by atoms with Crippen molar-refractivity contribution in [1.29, 1.82) is 5.41 Å². The summed E-state index contributed by atoms with van der Waals surface area (Å²) in [6.07, 6.45) is 0. The number of guanidine groups is 1. The molecule has 0 bridgehead atoms. The van der Waals surface area contributed by atoms with Crippen LogP contribution in [0.1, 0.15) is 6.92 Å². The molecule has 0 aliphatic rings. The van der Waals surface area contributed by atoms with E-state index in [-0.39, 0.29) is 11.9 Å². The number of esters is 1. The first-order valence-electron chi connectivity index (χ1n) is 4.67. The Morgan fingerprint density at radius 3 is 1.71 bits per heavy atom. The van der Waals surface area contributed by atoms with Crippen LogP contribution in [-0.4, -0.2) is 26.1 Å². The van der Waals surface area contributed by atoms with Crippen molar-refractivity contribution >= 4 is 11.9 Å². The van der Waals surface area contributed by atoms with Gasteiger partial charge in [0.2, 0.25) is 0 Å². The van der Waals surface area contributed by atoms with Gasteiger partial charge in [-0.25, -0.2) is 0 Å². The number of methoxy groups -OCH3 is 2. The van der Waals surface area contributed by atoms with Crippen molar-refractivity contribution in [1.82, 2.24) is 0 Å². The lowest BCUT2D eigenvalue weighted by Gasteiger charge is -1.93. The summed E-state index contributed by atoms with van der Waals surface area (Å²) in [5.74, 6) is 0.331. The lowest BCUT2D eigenvalue weighted by molar-refractivity contribution is -0.137. The van der Waals surface area contributed by atoms with Crippen LogP contribution in [0.5, 0.6) is 5.75 Å².